The average molecular weight is 226 g/mol. The summed E-state index contributed by atoms with van der Waals surface area (Å²) in [4.78, 5) is 32.4. The van der Waals surface area contributed by atoms with Gasteiger partial charge in [0.25, 0.3) is 0 Å². The van der Waals surface area contributed by atoms with E-state index in [1.807, 2.05) is 0 Å². The highest BCUT2D eigenvalue weighted by molar-refractivity contribution is 5.98. The Balaban J connectivity index is 2.22. The van der Waals surface area contributed by atoms with Gasteiger partial charge in [0.1, 0.15) is 12.7 Å². The topological polar surface area (TPSA) is 82.2 Å². The summed E-state index contributed by atoms with van der Waals surface area (Å²) in [5, 5.41) is 0. The van der Waals surface area contributed by atoms with Gasteiger partial charge in [0.2, 0.25) is 0 Å². The fraction of sp³-hybridized carbons (Fsp3) is 0.300. The van der Waals surface area contributed by atoms with Crippen molar-refractivity contribution in [2.24, 2.45) is 0 Å². The lowest BCUT2D eigenvalue weighted by Gasteiger charge is -1.97. The minimum atomic E-state index is -0.954. The van der Waals surface area contributed by atoms with Crippen LogP contribution >= 0.6 is 0 Å². The Hall–Kier alpha value is -1.95. The molecular formula is C10H10O6. The van der Waals surface area contributed by atoms with E-state index in [2.05, 4.69) is 16.1 Å². The average Bonchev–Trinajstić information content (AvgIpc) is 3.07. The van der Waals surface area contributed by atoms with Crippen molar-refractivity contribution < 1.29 is 28.6 Å². The van der Waals surface area contributed by atoms with Crippen LogP contribution in [-0.4, -0.2) is 37.2 Å². The molecule has 0 amide bonds. The molecule has 0 N–H and O–H groups in total. The maximum Gasteiger partial charge on any atom is 0.338 e. The van der Waals surface area contributed by atoms with Crippen LogP contribution in [-0.2, 0) is 28.6 Å². The lowest BCUT2D eigenvalue weighted by molar-refractivity contribution is -0.152. The molecule has 16 heavy (non-hydrogen) atoms. The molecule has 1 saturated heterocycles. The second kappa shape index (κ2) is 5.82. The van der Waals surface area contributed by atoms with Gasteiger partial charge >= 0.3 is 17.9 Å². The van der Waals surface area contributed by atoms with E-state index in [0.717, 1.165) is 18.2 Å². The number of ether oxygens (including phenoxy) is 3. The Labute approximate surface area is 91.5 Å². The van der Waals surface area contributed by atoms with Crippen molar-refractivity contribution in [2.75, 3.05) is 13.2 Å². The Kier molecular flexibility index (Phi) is 4.41. The Morgan fingerprint density at radius 1 is 1.25 bits per heavy atom. The maximum atomic E-state index is 11.0. The van der Waals surface area contributed by atoms with Crippen molar-refractivity contribution in [1.29, 1.82) is 0 Å². The summed E-state index contributed by atoms with van der Waals surface area (Å²) in [6.45, 7) is 3.84. The first-order chi connectivity index (χ1) is 7.61. The van der Waals surface area contributed by atoms with Gasteiger partial charge in [-0.1, -0.05) is 6.58 Å². The molecule has 1 rings (SSSR count). The van der Waals surface area contributed by atoms with E-state index >= 15 is 0 Å². The van der Waals surface area contributed by atoms with Crippen LogP contribution in [0.15, 0.2) is 24.8 Å². The number of rotatable bonds is 5. The Bertz CT molecular complexity index is 339. The van der Waals surface area contributed by atoms with Gasteiger partial charge in [-0.05, 0) is 0 Å². The number of carbonyl (C=O) groups excluding carboxylic acids is 3. The van der Waals surface area contributed by atoms with Gasteiger partial charge in [0.15, 0.2) is 0 Å². The zero-order valence-corrected chi connectivity index (χ0v) is 8.38. The molecule has 0 saturated carbocycles. The molecule has 0 radical (unpaired) electrons. The first-order valence-corrected chi connectivity index (χ1v) is 4.46. The molecule has 86 valence electrons. The fourth-order valence-corrected chi connectivity index (χ4v) is 0.698. The van der Waals surface area contributed by atoms with Crippen molar-refractivity contribution in [2.45, 2.75) is 6.10 Å². The molecular weight excluding hydrogens is 216 g/mol. The van der Waals surface area contributed by atoms with Crippen LogP contribution in [0.3, 0.4) is 0 Å². The van der Waals surface area contributed by atoms with Gasteiger partial charge in [-0.3, -0.25) is 0 Å². The van der Waals surface area contributed by atoms with E-state index in [1.54, 1.807) is 0 Å². The number of hydrogen-bond donors (Lipinski definition) is 0. The van der Waals surface area contributed by atoms with Crippen LogP contribution in [0.5, 0.6) is 0 Å². The third kappa shape index (κ3) is 5.06. The molecule has 1 aliphatic rings. The van der Waals surface area contributed by atoms with Crippen molar-refractivity contribution in [3.8, 4) is 0 Å². The van der Waals surface area contributed by atoms with Gasteiger partial charge in [-0.25, -0.2) is 14.4 Å². The third-order valence-corrected chi connectivity index (χ3v) is 1.54. The second-order valence-electron chi connectivity index (χ2n) is 2.86. The lowest BCUT2D eigenvalue weighted by Crippen LogP contribution is -2.10. The second-order valence-corrected chi connectivity index (χ2v) is 2.86. The molecule has 1 fully saturated rings. The van der Waals surface area contributed by atoms with Crippen LogP contribution in [0.1, 0.15) is 0 Å². The quantitative estimate of drug-likeness (QED) is 0.278. The van der Waals surface area contributed by atoms with E-state index in [0.29, 0.717) is 6.61 Å². The molecule has 0 aromatic carbocycles. The molecule has 0 bridgehead atoms. The third-order valence-electron chi connectivity index (χ3n) is 1.54. The molecule has 0 spiro atoms. The normalized spacial score (nSPS) is 17.9. The molecule has 1 heterocycles. The molecule has 0 aromatic heterocycles. The van der Waals surface area contributed by atoms with Gasteiger partial charge in [0, 0.05) is 18.2 Å². The SMILES string of the molecule is C=CC(=O)OC(=O)C=CC(=O)OCC1CO1. The molecule has 0 aliphatic carbocycles. The summed E-state index contributed by atoms with van der Waals surface area (Å²) in [5.41, 5.74) is 0. The Morgan fingerprint density at radius 3 is 2.44 bits per heavy atom. The van der Waals surface area contributed by atoms with Crippen LogP contribution in [0.2, 0.25) is 0 Å². The summed E-state index contributed by atoms with van der Waals surface area (Å²) in [6.07, 6.45) is 2.49. The smallest absolute Gasteiger partial charge is 0.338 e. The van der Waals surface area contributed by atoms with Gasteiger partial charge < -0.3 is 14.2 Å². The molecule has 1 unspecified atom stereocenters. The number of epoxide rings is 1. The summed E-state index contributed by atoms with van der Waals surface area (Å²) < 4.78 is 13.7. The molecule has 1 atom stereocenters. The van der Waals surface area contributed by atoms with Crippen LogP contribution in [0.4, 0.5) is 0 Å². The summed E-state index contributed by atoms with van der Waals surface area (Å²) in [6, 6.07) is 0. The van der Waals surface area contributed by atoms with Crippen molar-refractivity contribution >= 4 is 17.9 Å². The minimum Gasteiger partial charge on any atom is -0.460 e. The fourth-order valence-electron chi connectivity index (χ4n) is 0.698. The Morgan fingerprint density at radius 2 is 1.88 bits per heavy atom. The van der Waals surface area contributed by atoms with Crippen molar-refractivity contribution in [3.05, 3.63) is 24.8 Å². The first-order valence-electron chi connectivity index (χ1n) is 4.46. The van der Waals surface area contributed by atoms with Gasteiger partial charge in [-0.15, -0.1) is 0 Å². The lowest BCUT2D eigenvalue weighted by atomic mass is 10.5. The molecule has 0 aromatic rings. The van der Waals surface area contributed by atoms with E-state index in [-0.39, 0.29) is 12.7 Å². The van der Waals surface area contributed by atoms with Crippen LogP contribution in [0, 0.1) is 0 Å². The van der Waals surface area contributed by atoms with E-state index in [4.69, 9.17) is 4.74 Å². The monoisotopic (exact) mass is 226 g/mol. The summed E-state index contributed by atoms with van der Waals surface area (Å²) >= 11 is 0. The van der Waals surface area contributed by atoms with E-state index in [1.165, 1.54) is 0 Å². The highest BCUT2D eigenvalue weighted by Gasteiger charge is 2.23. The van der Waals surface area contributed by atoms with Crippen molar-refractivity contribution in [1.82, 2.24) is 0 Å². The zero-order chi connectivity index (χ0) is 12.0. The number of esters is 3. The van der Waals surface area contributed by atoms with E-state index < -0.39 is 17.9 Å². The largest absolute Gasteiger partial charge is 0.460 e. The maximum absolute atomic E-state index is 11.0. The number of carbonyl (C=O) groups is 3. The highest BCUT2D eigenvalue weighted by atomic mass is 16.6. The predicted molar refractivity (Wildman–Crippen MR) is 51.1 cm³/mol. The molecule has 6 nitrogen and oxygen atoms in total. The summed E-state index contributed by atoms with van der Waals surface area (Å²) in [7, 11) is 0. The zero-order valence-electron chi connectivity index (χ0n) is 8.38. The number of hydrogen-bond acceptors (Lipinski definition) is 6. The minimum absolute atomic E-state index is 0.0355. The predicted octanol–water partition coefficient (Wildman–Crippen LogP) is -0.260. The van der Waals surface area contributed by atoms with Crippen molar-refractivity contribution in [3.63, 3.8) is 0 Å². The molecule has 6 heteroatoms. The first kappa shape index (κ1) is 12.1. The standard InChI is InChI=1S/C10H10O6/c1-2-8(11)16-10(13)4-3-9(12)15-6-7-5-14-7/h2-4,7H,1,5-6H2. The molecule has 1 aliphatic heterocycles. The van der Waals surface area contributed by atoms with Gasteiger partial charge in [0.05, 0.1) is 6.61 Å². The van der Waals surface area contributed by atoms with Crippen LogP contribution < -0.4 is 0 Å². The van der Waals surface area contributed by atoms with Crippen LogP contribution in [0.25, 0.3) is 0 Å². The van der Waals surface area contributed by atoms with E-state index in [9.17, 15) is 14.4 Å². The highest BCUT2D eigenvalue weighted by Crippen LogP contribution is 2.08. The summed E-state index contributed by atoms with van der Waals surface area (Å²) in [5.74, 6) is -2.53. The van der Waals surface area contributed by atoms with Gasteiger partial charge in [-0.2, -0.15) is 0 Å².